The van der Waals surface area contributed by atoms with E-state index in [0.29, 0.717) is 33.7 Å². The SMILES string of the molecule is COc1ccccc1[NH+]=c1oc2c(C)ncc(CO)c2cc1C(=O)Nc1ccc(F)c(F)c1. The van der Waals surface area contributed by atoms with E-state index in [-0.39, 0.29) is 23.4 Å². The smallest absolute Gasteiger partial charge is 0.385 e. The molecule has 4 aromatic rings. The lowest BCUT2D eigenvalue weighted by Crippen LogP contribution is -2.71. The van der Waals surface area contributed by atoms with Crippen molar-refractivity contribution >= 4 is 28.3 Å². The van der Waals surface area contributed by atoms with Gasteiger partial charge in [-0.05, 0) is 31.2 Å². The van der Waals surface area contributed by atoms with E-state index in [1.54, 1.807) is 37.3 Å². The predicted molar refractivity (Wildman–Crippen MR) is 116 cm³/mol. The number of nitrogens with one attached hydrogen (secondary N) is 2. The van der Waals surface area contributed by atoms with Crippen LogP contribution in [0.15, 0.2) is 59.1 Å². The number of benzene rings is 2. The second kappa shape index (κ2) is 9.17. The Hall–Kier alpha value is -4.11. The van der Waals surface area contributed by atoms with E-state index in [0.717, 1.165) is 12.1 Å². The maximum absolute atomic E-state index is 13.6. The summed E-state index contributed by atoms with van der Waals surface area (Å²) in [5.74, 6) is -2.24. The fraction of sp³-hybridized carbons (Fsp3) is 0.125. The van der Waals surface area contributed by atoms with Gasteiger partial charge in [-0.15, -0.1) is 0 Å². The zero-order valence-electron chi connectivity index (χ0n) is 17.8. The van der Waals surface area contributed by atoms with Gasteiger partial charge in [-0.2, -0.15) is 4.99 Å². The molecule has 1 amide bonds. The molecule has 4 rings (SSSR count). The average Bonchev–Trinajstić information content (AvgIpc) is 2.82. The Morgan fingerprint density at radius 2 is 1.97 bits per heavy atom. The molecule has 168 valence electrons. The van der Waals surface area contributed by atoms with Gasteiger partial charge in [-0.3, -0.25) is 9.78 Å². The quantitative estimate of drug-likeness (QED) is 0.432. The van der Waals surface area contributed by atoms with Gasteiger partial charge in [0.05, 0.1) is 19.4 Å². The summed E-state index contributed by atoms with van der Waals surface area (Å²) in [7, 11) is 1.51. The number of aliphatic hydroxyl groups is 1. The molecule has 7 nitrogen and oxygen atoms in total. The highest BCUT2D eigenvalue weighted by Gasteiger charge is 2.21. The molecule has 0 aliphatic rings. The van der Waals surface area contributed by atoms with E-state index in [1.807, 2.05) is 0 Å². The second-order valence-corrected chi connectivity index (χ2v) is 7.17. The highest BCUT2D eigenvalue weighted by atomic mass is 19.2. The minimum absolute atomic E-state index is 0.0653. The predicted octanol–water partition coefficient (Wildman–Crippen LogP) is 2.48. The minimum atomic E-state index is -1.09. The normalized spacial score (nSPS) is 11.6. The molecule has 0 aliphatic carbocycles. The Morgan fingerprint density at radius 3 is 2.70 bits per heavy atom. The molecule has 33 heavy (non-hydrogen) atoms. The Labute approximate surface area is 187 Å². The van der Waals surface area contributed by atoms with Crippen LogP contribution in [0.25, 0.3) is 11.0 Å². The van der Waals surface area contributed by atoms with Crippen molar-refractivity contribution in [3.8, 4) is 5.75 Å². The van der Waals surface area contributed by atoms with Crippen LogP contribution < -0.4 is 20.6 Å². The van der Waals surface area contributed by atoms with Crippen LogP contribution in [-0.2, 0) is 6.61 Å². The number of fused-ring (bicyclic) bond motifs is 1. The van der Waals surface area contributed by atoms with Crippen LogP contribution in [0.2, 0.25) is 0 Å². The molecule has 0 radical (unpaired) electrons. The minimum Gasteiger partial charge on any atom is -0.490 e. The van der Waals surface area contributed by atoms with Gasteiger partial charge in [0.2, 0.25) is 5.69 Å². The van der Waals surface area contributed by atoms with Gasteiger partial charge in [-0.1, -0.05) is 12.1 Å². The molecule has 3 N–H and O–H groups in total. The standard InChI is InChI=1S/C24H19F2N3O4/c1-13-22-16(14(12-30)11-27-13)10-17(23(31)28-15-7-8-18(25)19(26)9-15)24(33-22)29-20-5-3-4-6-21(20)32-2/h3-11,30H,12H2,1-2H3,(H,28,31)/p+1. The van der Waals surface area contributed by atoms with Gasteiger partial charge >= 0.3 is 5.55 Å². The summed E-state index contributed by atoms with van der Waals surface area (Å²) in [5.41, 5.74) is 2.14. The van der Waals surface area contributed by atoms with Crippen molar-refractivity contribution < 1.29 is 32.8 Å². The highest BCUT2D eigenvalue weighted by Crippen LogP contribution is 2.22. The van der Waals surface area contributed by atoms with E-state index in [1.165, 1.54) is 19.4 Å². The number of rotatable bonds is 5. The number of aromatic nitrogens is 1. The van der Waals surface area contributed by atoms with Crippen molar-refractivity contribution in [3.63, 3.8) is 0 Å². The molecule has 0 spiro atoms. The molecule has 2 heterocycles. The van der Waals surface area contributed by atoms with Gasteiger partial charge in [0.15, 0.2) is 28.5 Å². The molecule has 0 fully saturated rings. The maximum atomic E-state index is 13.6. The summed E-state index contributed by atoms with van der Waals surface area (Å²) in [5, 5.41) is 12.8. The number of carbonyl (C=O) groups is 1. The van der Waals surface area contributed by atoms with Gasteiger partial charge < -0.3 is 19.6 Å². The molecule has 0 bridgehead atoms. The Morgan fingerprint density at radius 1 is 1.18 bits per heavy atom. The third-order valence-corrected chi connectivity index (χ3v) is 5.02. The largest absolute Gasteiger partial charge is 0.490 e. The molecular formula is C24H20F2N3O4+. The number of hydrogen-bond acceptors (Lipinski definition) is 5. The van der Waals surface area contributed by atoms with E-state index >= 15 is 0 Å². The molecule has 0 aliphatic heterocycles. The van der Waals surface area contributed by atoms with Crippen LogP contribution in [0.3, 0.4) is 0 Å². The van der Waals surface area contributed by atoms with E-state index in [2.05, 4.69) is 15.3 Å². The lowest BCUT2D eigenvalue weighted by molar-refractivity contribution is -0.418. The molecule has 0 saturated carbocycles. The number of aryl methyl sites for hydroxylation is 1. The summed E-state index contributed by atoms with van der Waals surface area (Å²) in [6.07, 6.45) is 1.50. The van der Waals surface area contributed by atoms with Crippen molar-refractivity contribution in [2.45, 2.75) is 13.5 Å². The van der Waals surface area contributed by atoms with Crippen molar-refractivity contribution in [3.05, 3.63) is 88.7 Å². The first-order valence-electron chi connectivity index (χ1n) is 9.94. The molecule has 0 saturated heterocycles. The first kappa shape index (κ1) is 22.1. The molecule has 2 aromatic heterocycles. The van der Waals surface area contributed by atoms with Crippen LogP contribution in [0, 0.1) is 18.6 Å². The summed E-state index contributed by atoms with van der Waals surface area (Å²) < 4.78 is 38.3. The molecular weight excluding hydrogens is 432 g/mol. The monoisotopic (exact) mass is 452 g/mol. The third kappa shape index (κ3) is 4.44. The lowest BCUT2D eigenvalue weighted by Gasteiger charge is -2.08. The molecule has 2 aromatic carbocycles. The van der Waals surface area contributed by atoms with Crippen LogP contribution in [0.4, 0.5) is 20.2 Å². The third-order valence-electron chi connectivity index (χ3n) is 5.02. The van der Waals surface area contributed by atoms with Crippen molar-refractivity contribution in [1.82, 2.24) is 4.98 Å². The summed E-state index contributed by atoms with van der Waals surface area (Å²) in [6.45, 7) is 1.42. The number of ether oxygens (including phenoxy) is 1. The first-order valence-corrected chi connectivity index (χ1v) is 9.94. The van der Waals surface area contributed by atoms with Crippen LogP contribution in [0.5, 0.6) is 5.75 Å². The maximum Gasteiger partial charge on any atom is 0.385 e. The number of methoxy groups -OCH3 is 1. The van der Waals surface area contributed by atoms with Crippen molar-refractivity contribution in [1.29, 1.82) is 0 Å². The van der Waals surface area contributed by atoms with Gasteiger partial charge in [0, 0.05) is 35.0 Å². The number of pyridine rings is 1. The van der Waals surface area contributed by atoms with E-state index < -0.39 is 17.5 Å². The fourth-order valence-corrected chi connectivity index (χ4v) is 3.33. The lowest BCUT2D eigenvalue weighted by atomic mass is 10.1. The average molecular weight is 452 g/mol. The number of halogens is 2. The summed E-state index contributed by atoms with van der Waals surface area (Å²) in [6, 6.07) is 11.6. The zero-order valence-corrected chi connectivity index (χ0v) is 17.8. The summed E-state index contributed by atoms with van der Waals surface area (Å²) >= 11 is 0. The Bertz CT molecular complexity index is 1430. The molecule has 0 unspecified atom stereocenters. The Balaban J connectivity index is 1.93. The number of anilines is 1. The van der Waals surface area contributed by atoms with E-state index in [4.69, 9.17) is 9.15 Å². The molecule has 0 atom stereocenters. The van der Waals surface area contributed by atoms with Gasteiger partial charge in [-0.25, -0.2) is 8.78 Å². The van der Waals surface area contributed by atoms with Crippen LogP contribution in [0.1, 0.15) is 21.6 Å². The van der Waals surface area contributed by atoms with E-state index in [9.17, 15) is 18.7 Å². The van der Waals surface area contributed by atoms with Crippen LogP contribution in [-0.4, -0.2) is 23.1 Å². The Kier molecular flexibility index (Phi) is 6.14. The summed E-state index contributed by atoms with van der Waals surface area (Å²) in [4.78, 5) is 20.5. The second-order valence-electron chi connectivity index (χ2n) is 7.17. The number of aliphatic hydroxyl groups excluding tert-OH is 1. The van der Waals surface area contributed by atoms with Gasteiger partial charge in [0.1, 0.15) is 0 Å². The number of carbonyl (C=O) groups excluding carboxylic acids is 1. The van der Waals surface area contributed by atoms with Crippen LogP contribution >= 0.6 is 0 Å². The number of para-hydroxylation sites is 2. The number of amides is 1. The fourth-order valence-electron chi connectivity index (χ4n) is 3.33. The number of nitrogens with zero attached hydrogens (tertiary/aromatic N) is 1. The first-order chi connectivity index (χ1) is 15.9. The molecule has 9 heteroatoms. The highest BCUT2D eigenvalue weighted by molar-refractivity contribution is 6.05. The number of hydrogen-bond donors (Lipinski definition) is 3. The van der Waals surface area contributed by atoms with Crippen molar-refractivity contribution in [2.75, 3.05) is 12.4 Å². The zero-order chi connectivity index (χ0) is 23.5. The topological polar surface area (TPSA) is 98.6 Å². The van der Waals surface area contributed by atoms with Gasteiger partial charge in [0.25, 0.3) is 5.91 Å². The van der Waals surface area contributed by atoms with Crippen molar-refractivity contribution in [2.24, 2.45) is 0 Å².